The summed E-state index contributed by atoms with van der Waals surface area (Å²) >= 11 is 0. The zero-order valence-corrected chi connectivity index (χ0v) is 34.4. The van der Waals surface area contributed by atoms with Gasteiger partial charge in [0.2, 0.25) is 0 Å². The van der Waals surface area contributed by atoms with E-state index in [1.807, 2.05) is 0 Å². The van der Waals surface area contributed by atoms with E-state index in [1.165, 1.54) is 167 Å². The van der Waals surface area contributed by atoms with E-state index < -0.39 is 0 Å². The molecule has 0 N–H and O–H groups in total. The summed E-state index contributed by atoms with van der Waals surface area (Å²) in [4.78, 5) is 0. The number of allylic oxidation sites excluding steroid dienone is 12. The maximum atomic E-state index is 2.71. The molecule has 0 rings (SSSR count). The van der Waals surface area contributed by atoms with E-state index in [-0.39, 0.29) is 5.41 Å². The fourth-order valence-electron chi connectivity index (χ4n) is 6.78. The highest BCUT2D eigenvalue weighted by molar-refractivity contribution is 5.40. The lowest BCUT2D eigenvalue weighted by atomic mass is 9.64. The van der Waals surface area contributed by atoms with Crippen LogP contribution in [-0.2, 0) is 0 Å². The van der Waals surface area contributed by atoms with Crippen molar-refractivity contribution in [1.29, 1.82) is 0 Å². The van der Waals surface area contributed by atoms with Gasteiger partial charge < -0.3 is 0 Å². The molecule has 0 bridgehead atoms. The third-order valence-electron chi connectivity index (χ3n) is 10.0. The molecule has 0 aromatic rings. The molecule has 0 aliphatic heterocycles. The molecule has 0 saturated carbocycles. The van der Waals surface area contributed by atoms with Gasteiger partial charge in [-0.3, -0.25) is 0 Å². The molecule has 0 nitrogen and oxygen atoms in total. The van der Waals surface area contributed by atoms with Gasteiger partial charge in [-0.1, -0.05) is 210 Å². The van der Waals surface area contributed by atoms with Crippen LogP contribution < -0.4 is 0 Å². The minimum Gasteiger partial charge on any atom is -0.0885 e. The topological polar surface area (TPSA) is 0 Å². The minimum absolute atomic E-state index is 0.0338. The van der Waals surface area contributed by atoms with E-state index in [2.05, 4.69) is 108 Å². The van der Waals surface area contributed by atoms with Crippen molar-refractivity contribution >= 4 is 0 Å². The van der Waals surface area contributed by atoms with Crippen molar-refractivity contribution in [3.63, 3.8) is 0 Å². The van der Waals surface area contributed by atoms with Gasteiger partial charge in [0.1, 0.15) is 0 Å². The molecule has 0 aliphatic rings. The lowest BCUT2D eigenvalue weighted by molar-refractivity contribution is 0.439. The first-order valence-corrected chi connectivity index (χ1v) is 22.0. The molecule has 0 fully saturated rings. The second kappa shape index (κ2) is 37.7. The van der Waals surface area contributed by atoms with E-state index in [0.29, 0.717) is 0 Å². The van der Waals surface area contributed by atoms with Crippen LogP contribution in [-0.4, -0.2) is 0 Å². The van der Waals surface area contributed by atoms with E-state index in [0.717, 1.165) is 19.3 Å². The maximum absolute atomic E-state index is 2.71. The molecule has 1 unspecified atom stereocenters. The number of rotatable bonds is 36. The Morgan fingerprint density at radius 1 is 0.367 bits per heavy atom. The average molecular weight is 676 g/mol. The minimum atomic E-state index is -0.0338. The van der Waals surface area contributed by atoms with Crippen LogP contribution in [0, 0.1) is 11.3 Å². The molecule has 0 heteroatoms. The Kier molecular flexibility index (Phi) is 36.5. The highest BCUT2D eigenvalue weighted by atomic mass is 14.4. The van der Waals surface area contributed by atoms with Gasteiger partial charge in [-0.25, -0.2) is 0 Å². The fraction of sp³-hybridized carbons (Fsp3) is 0.735. The monoisotopic (exact) mass is 676 g/mol. The summed E-state index contributed by atoms with van der Waals surface area (Å²) in [6.45, 7) is 13.9. The average Bonchev–Trinajstić information content (AvgIpc) is 3.11. The van der Waals surface area contributed by atoms with Crippen LogP contribution in [0.25, 0.3) is 0 Å². The Hall–Kier alpha value is -1.56. The van der Waals surface area contributed by atoms with Crippen LogP contribution in [0.2, 0.25) is 0 Å². The highest BCUT2D eigenvalue weighted by Crippen LogP contribution is 2.48. The van der Waals surface area contributed by atoms with Crippen LogP contribution >= 0.6 is 0 Å². The second-order valence-electron chi connectivity index (χ2n) is 14.7. The summed E-state index contributed by atoms with van der Waals surface area (Å²) in [5, 5.41) is 0. The van der Waals surface area contributed by atoms with E-state index in [4.69, 9.17) is 0 Å². The van der Waals surface area contributed by atoms with Gasteiger partial charge in [0, 0.05) is 11.3 Å². The van der Waals surface area contributed by atoms with Crippen LogP contribution in [0.1, 0.15) is 228 Å². The van der Waals surface area contributed by atoms with Crippen molar-refractivity contribution in [3.8, 4) is 0 Å². The quantitative estimate of drug-likeness (QED) is 0.0458. The van der Waals surface area contributed by atoms with Crippen molar-refractivity contribution in [1.82, 2.24) is 0 Å². The first kappa shape index (κ1) is 47.4. The van der Waals surface area contributed by atoms with Crippen molar-refractivity contribution in [2.75, 3.05) is 0 Å². The first-order chi connectivity index (χ1) is 24.2. The van der Waals surface area contributed by atoms with E-state index in [9.17, 15) is 0 Å². The molecule has 0 spiro atoms. The smallest absolute Gasteiger partial charge is 0.0200 e. The van der Waals surface area contributed by atoms with Crippen molar-refractivity contribution in [2.45, 2.75) is 228 Å². The molecule has 0 aliphatic carbocycles. The SMILES string of the molecule is CCCC=C(CC=CCCCCCC)C(C=CCCCCCCC)(CCC=CCCCC)[C](C=CCCCCCC)CC=CCCCCC. The summed E-state index contributed by atoms with van der Waals surface area (Å²) < 4.78 is 0. The zero-order valence-electron chi connectivity index (χ0n) is 34.4. The molecule has 0 saturated heterocycles. The number of unbranched alkanes of at least 4 members (excludes halogenated alkanes) is 19. The van der Waals surface area contributed by atoms with Gasteiger partial charge in [-0.05, 0) is 89.9 Å². The molecular formula is C49H87. The summed E-state index contributed by atoms with van der Waals surface area (Å²) in [7, 11) is 0. The molecule has 0 aromatic carbocycles. The first-order valence-electron chi connectivity index (χ1n) is 22.0. The maximum Gasteiger partial charge on any atom is 0.0200 e. The normalized spacial score (nSPS) is 14.3. The Morgan fingerprint density at radius 3 is 1.43 bits per heavy atom. The summed E-state index contributed by atoms with van der Waals surface area (Å²) in [6.07, 6.45) is 64.9. The molecule has 1 radical (unpaired) electrons. The van der Waals surface area contributed by atoms with Gasteiger partial charge in [-0.15, -0.1) is 0 Å². The third kappa shape index (κ3) is 26.9. The summed E-state index contributed by atoms with van der Waals surface area (Å²) in [5.74, 6) is 1.62. The standard InChI is InChI=1S/C49H87/c1-7-13-19-24-29-33-38-42-47(41-18-12-6)49(45-39-34-28-23-17-11-5,46-40-35-30-25-20-14-8-2)48(43-36-31-26-21-15-9-3)44-37-32-27-22-16-10-4/h28,31,33-34,36-38,40-41,44,46H,7-27,29-30,32,35,39,42-43,45H2,1-6H3. The molecule has 1 atom stereocenters. The molecule has 0 heterocycles. The summed E-state index contributed by atoms with van der Waals surface area (Å²) in [6, 6.07) is 0. The fourth-order valence-corrected chi connectivity index (χ4v) is 6.78. The zero-order chi connectivity index (χ0) is 35.9. The molecular weight excluding hydrogens is 589 g/mol. The Labute approximate surface area is 310 Å². The van der Waals surface area contributed by atoms with E-state index in [1.54, 1.807) is 11.5 Å². The van der Waals surface area contributed by atoms with E-state index >= 15 is 0 Å². The van der Waals surface area contributed by atoms with Crippen LogP contribution in [0.15, 0.2) is 72.4 Å². The van der Waals surface area contributed by atoms with Crippen LogP contribution in [0.5, 0.6) is 0 Å². The highest BCUT2D eigenvalue weighted by Gasteiger charge is 2.37. The Balaban J connectivity index is 6.81. The third-order valence-corrected chi connectivity index (χ3v) is 10.0. The Morgan fingerprint density at radius 2 is 0.816 bits per heavy atom. The molecule has 49 heavy (non-hydrogen) atoms. The lowest BCUT2D eigenvalue weighted by Crippen LogP contribution is -2.29. The van der Waals surface area contributed by atoms with Crippen LogP contribution in [0.4, 0.5) is 0 Å². The molecule has 0 aromatic heterocycles. The van der Waals surface area contributed by atoms with Gasteiger partial charge >= 0.3 is 0 Å². The van der Waals surface area contributed by atoms with Gasteiger partial charge in [0.05, 0.1) is 0 Å². The second-order valence-corrected chi connectivity index (χ2v) is 14.7. The predicted octanol–water partition coefficient (Wildman–Crippen LogP) is 17.7. The van der Waals surface area contributed by atoms with Crippen molar-refractivity contribution in [3.05, 3.63) is 78.3 Å². The van der Waals surface area contributed by atoms with Crippen molar-refractivity contribution in [2.24, 2.45) is 5.41 Å². The molecule has 283 valence electrons. The summed E-state index contributed by atoms with van der Waals surface area (Å²) in [5.41, 5.74) is 1.61. The van der Waals surface area contributed by atoms with Gasteiger partial charge in [0.25, 0.3) is 0 Å². The number of hydrogen-bond acceptors (Lipinski definition) is 0. The van der Waals surface area contributed by atoms with Crippen molar-refractivity contribution < 1.29 is 0 Å². The predicted molar refractivity (Wildman–Crippen MR) is 227 cm³/mol. The lowest BCUT2D eigenvalue weighted by Gasteiger charge is -2.39. The molecule has 0 amide bonds. The van der Waals surface area contributed by atoms with Gasteiger partial charge in [0.15, 0.2) is 0 Å². The van der Waals surface area contributed by atoms with Gasteiger partial charge in [-0.2, -0.15) is 0 Å². The van der Waals surface area contributed by atoms with Crippen LogP contribution in [0.3, 0.4) is 0 Å². The Bertz CT molecular complexity index is 847. The largest absolute Gasteiger partial charge is 0.0885 e. The number of hydrogen-bond donors (Lipinski definition) is 0.